The number of carbonyl (C=O) groups is 1. The number of nitrogens with zero attached hydrogens (tertiary/aromatic N) is 1. The number of aromatic amines is 1. The number of para-hydroxylation sites is 1. The van der Waals surface area contributed by atoms with Gasteiger partial charge in [0, 0.05) is 30.2 Å². The Morgan fingerprint density at radius 3 is 2.55 bits per heavy atom. The van der Waals surface area contributed by atoms with Crippen LogP contribution in [0.5, 0.6) is 0 Å². The Morgan fingerprint density at radius 2 is 1.84 bits per heavy atom. The van der Waals surface area contributed by atoms with E-state index in [4.69, 9.17) is 0 Å². The van der Waals surface area contributed by atoms with Crippen molar-refractivity contribution >= 4 is 32.5 Å². The number of aromatic nitrogens is 1. The van der Waals surface area contributed by atoms with Crippen LogP contribution in [0, 0.1) is 6.92 Å². The molecular weight excluding hydrogens is 414 g/mol. The molecule has 1 saturated carbocycles. The summed E-state index contributed by atoms with van der Waals surface area (Å²) in [5.41, 5.74) is 1.35. The van der Waals surface area contributed by atoms with E-state index in [1.807, 2.05) is 19.1 Å². The molecule has 3 aromatic rings. The van der Waals surface area contributed by atoms with Gasteiger partial charge in [-0.25, -0.2) is 8.42 Å². The second-order valence-corrected chi connectivity index (χ2v) is 9.92. The average molecular weight is 440 g/mol. The molecule has 0 bridgehead atoms. The van der Waals surface area contributed by atoms with Crippen LogP contribution >= 0.6 is 0 Å². The lowest BCUT2D eigenvalue weighted by atomic mass is 10.1. The molecular formula is C23H25N3O4S. The standard InChI is InChI=1S/C23H25N3O4S/c1-15-7-3-6-10-21(15)26(2)31(29,30)17-11-12-20-18(13-17)22(27)19(14-24-20)23(28)25-16-8-4-5-9-16/h3,6-7,10-14,16H,4-5,8-9H2,1-2H3,(H,24,27)(H,25,28). The van der Waals surface area contributed by atoms with Crippen molar-refractivity contribution in [2.24, 2.45) is 0 Å². The van der Waals surface area contributed by atoms with Crippen LogP contribution < -0.4 is 15.1 Å². The molecule has 2 aromatic carbocycles. The summed E-state index contributed by atoms with van der Waals surface area (Å²) in [5, 5.41) is 3.07. The molecule has 0 unspecified atom stereocenters. The maximum Gasteiger partial charge on any atom is 0.264 e. The number of rotatable bonds is 5. The summed E-state index contributed by atoms with van der Waals surface area (Å²) in [6, 6.07) is 11.6. The Labute approximate surface area is 181 Å². The fourth-order valence-corrected chi connectivity index (χ4v) is 5.35. The highest BCUT2D eigenvalue weighted by Crippen LogP contribution is 2.26. The van der Waals surface area contributed by atoms with Crippen molar-refractivity contribution in [2.75, 3.05) is 11.4 Å². The SMILES string of the molecule is Cc1ccccc1N(C)S(=O)(=O)c1ccc2[nH]cc(C(=O)NC3CCCC3)c(=O)c2c1. The van der Waals surface area contributed by atoms with E-state index in [-0.39, 0.29) is 21.9 Å². The Balaban J connectivity index is 1.73. The minimum Gasteiger partial charge on any atom is -0.360 e. The van der Waals surface area contributed by atoms with E-state index >= 15 is 0 Å². The third-order valence-electron chi connectivity index (χ3n) is 5.90. The molecule has 0 spiro atoms. The lowest BCUT2D eigenvalue weighted by Crippen LogP contribution is -2.35. The first-order chi connectivity index (χ1) is 14.8. The van der Waals surface area contributed by atoms with Crippen molar-refractivity contribution < 1.29 is 13.2 Å². The van der Waals surface area contributed by atoms with Gasteiger partial charge in [-0.15, -0.1) is 0 Å². The number of benzene rings is 2. The first-order valence-electron chi connectivity index (χ1n) is 10.3. The first kappa shape index (κ1) is 21.1. The van der Waals surface area contributed by atoms with Crippen LogP contribution in [0.4, 0.5) is 5.69 Å². The smallest absolute Gasteiger partial charge is 0.264 e. The molecule has 1 aliphatic carbocycles. The zero-order valence-electron chi connectivity index (χ0n) is 17.5. The molecule has 1 amide bonds. The Bertz CT molecular complexity index is 1310. The van der Waals surface area contributed by atoms with E-state index in [2.05, 4.69) is 10.3 Å². The van der Waals surface area contributed by atoms with E-state index in [1.165, 1.54) is 29.7 Å². The van der Waals surface area contributed by atoms with Crippen LogP contribution in [0.2, 0.25) is 0 Å². The quantitative estimate of drug-likeness (QED) is 0.637. The molecule has 1 aliphatic rings. The number of pyridine rings is 1. The maximum absolute atomic E-state index is 13.2. The van der Waals surface area contributed by atoms with Crippen LogP contribution in [0.3, 0.4) is 0 Å². The van der Waals surface area contributed by atoms with Crippen LogP contribution in [0.25, 0.3) is 10.9 Å². The molecule has 0 atom stereocenters. The van der Waals surface area contributed by atoms with E-state index in [9.17, 15) is 18.0 Å². The van der Waals surface area contributed by atoms with Crippen molar-refractivity contribution in [3.05, 3.63) is 70.0 Å². The number of sulfonamides is 1. The lowest BCUT2D eigenvalue weighted by Gasteiger charge is -2.21. The molecule has 0 saturated heterocycles. The highest BCUT2D eigenvalue weighted by Gasteiger charge is 2.24. The third-order valence-corrected chi connectivity index (χ3v) is 7.67. The van der Waals surface area contributed by atoms with E-state index in [0.717, 1.165) is 31.2 Å². The fraction of sp³-hybridized carbons (Fsp3) is 0.304. The van der Waals surface area contributed by atoms with Gasteiger partial charge in [-0.1, -0.05) is 31.0 Å². The van der Waals surface area contributed by atoms with Gasteiger partial charge < -0.3 is 10.3 Å². The predicted molar refractivity (Wildman–Crippen MR) is 121 cm³/mol. The van der Waals surface area contributed by atoms with Crippen molar-refractivity contribution in [1.82, 2.24) is 10.3 Å². The van der Waals surface area contributed by atoms with Gasteiger partial charge >= 0.3 is 0 Å². The van der Waals surface area contributed by atoms with Gasteiger partial charge in [-0.05, 0) is 49.6 Å². The van der Waals surface area contributed by atoms with Crippen molar-refractivity contribution in [3.63, 3.8) is 0 Å². The van der Waals surface area contributed by atoms with Crippen molar-refractivity contribution in [2.45, 2.75) is 43.5 Å². The van der Waals surface area contributed by atoms with E-state index in [1.54, 1.807) is 18.2 Å². The molecule has 8 heteroatoms. The number of aryl methyl sites for hydroxylation is 1. The molecule has 0 aliphatic heterocycles. The number of fused-ring (bicyclic) bond motifs is 1. The van der Waals surface area contributed by atoms with Crippen LogP contribution in [0.15, 0.2) is 58.4 Å². The Morgan fingerprint density at radius 1 is 1.13 bits per heavy atom. The van der Waals surface area contributed by atoms with Gasteiger partial charge in [0.05, 0.1) is 10.6 Å². The lowest BCUT2D eigenvalue weighted by molar-refractivity contribution is 0.0936. The summed E-state index contributed by atoms with van der Waals surface area (Å²) >= 11 is 0. The van der Waals surface area contributed by atoms with Crippen LogP contribution in [-0.4, -0.2) is 32.4 Å². The van der Waals surface area contributed by atoms with Gasteiger partial charge in [0.15, 0.2) is 0 Å². The summed E-state index contributed by atoms with van der Waals surface area (Å²) in [6.07, 6.45) is 5.33. The van der Waals surface area contributed by atoms with Gasteiger partial charge in [0.1, 0.15) is 5.56 Å². The maximum atomic E-state index is 13.2. The summed E-state index contributed by atoms with van der Waals surface area (Å²) < 4.78 is 27.6. The second kappa shape index (κ2) is 8.19. The topological polar surface area (TPSA) is 99.3 Å². The summed E-state index contributed by atoms with van der Waals surface area (Å²) in [4.78, 5) is 28.6. The molecule has 162 valence electrons. The Hall–Kier alpha value is -3.13. The minimum atomic E-state index is -3.89. The fourth-order valence-electron chi connectivity index (χ4n) is 4.06. The molecule has 4 rings (SSSR count). The third kappa shape index (κ3) is 3.95. The van der Waals surface area contributed by atoms with Crippen molar-refractivity contribution in [1.29, 1.82) is 0 Å². The van der Waals surface area contributed by atoms with E-state index in [0.29, 0.717) is 11.2 Å². The number of H-pyrrole nitrogens is 1. The molecule has 2 N–H and O–H groups in total. The number of carbonyl (C=O) groups excluding carboxylic acids is 1. The zero-order valence-corrected chi connectivity index (χ0v) is 18.3. The summed E-state index contributed by atoms with van der Waals surface area (Å²) in [7, 11) is -2.41. The van der Waals surface area contributed by atoms with Gasteiger partial charge in [0.25, 0.3) is 15.9 Å². The Kier molecular flexibility index (Phi) is 5.58. The second-order valence-electron chi connectivity index (χ2n) is 7.95. The molecule has 31 heavy (non-hydrogen) atoms. The van der Waals surface area contributed by atoms with Gasteiger partial charge in [0.2, 0.25) is 5.43 Å². The van der Waals surface area contributed by atoms with Gasteiger partial charge in [-0.3, -0.25) is 13.9 Å². The normalized spacial score (nSPS) is 14.6. The first-order valence-corrected chi connectivity index (χ1v) is 11.7. The molecule has 1 fully saturated rings. The summed E-state index contributed by atoms with van der Waals surface area (Å²) in [5.74, 6) is -0.430. The van der Waals surface area contributed by atoms with Crippen molar-refractivity contribution in [3.8, 4) is 0 Å². The van der Waals surface area contributed by atoms with Crippen LogP contribution in [-0.2, 0) is 10.0 Å². The highest BCUT2D eigenvalue weighted by atomic mass is 32.2. The van der Waals surface area contributed by atoms with Gasteiger partial charge in [-0.2, -0.15) is 0 Å². The van der Waals surface area contributed by atoms with E-state index < -0.39 is 21.4 Å². The number of amides is 1. The largest absolute Gasteiger partial charge is 0.360 e. The average Bonchev–Trinajstić information content (AvgIpc) is 3.26. The number of hydrogen-bond donors (Lipinski definition) is 2. The molecule has 1 heterocycles. The highest BCUT2D eigenvalue weighted by molar-refractivity contribution is 7.92. The minimum absolute atomic E-state index is 0.00963. The molecule has 7 nitrogen and oxygen atoms in total. The zero-order chi connectivity index (χ0) is 22.2. The molecule has 0 radical (unpaired) electrons. The number of nitrogens with one attached hydrogen (secondary N) is 2. The predicted octanol–water partition coefficient (Wildman–Crippen LogP) is 3.33. The monoisotopic (exact) mass is 439 g/mol. The van der Waals surface area contributed by atoms with Crippen LogP contribution in [0.1, 0.15) is 41.6 Å². The number of anilines is 1. The summed E-state index contributed by atoms with van der Waals surface area (Å²) in [6.45, 7) is 1.84. The number of hydrogen-bond acceptors (Lipinski definition) is 4. The molecule has 1 aromatic heterocycles.